The number of halogens is 1. The summed E-state index contributed by atoms with van der Waals surface area (Å²) in [6.45, 7) is 7.64. The van der Waals surface area contributed by atoms with Crippen molar-refractivity contribution in [2.75, 3.05) is 5.32 Å². The Bertz CT molecular complexity index is 1340. The molecule has 0 unspecified atom stereocenters. The summed E-state index contributed by atoms with van der Waals surface area (Å²) in [6.07, 6.45) is 4.69. The van der Waals surface area contributed by atoms with Crippen LogP contribution in [0, 0.1) is 12.7 Å². The Hall–Kier alpha value is -4.22. The molecule has 0 atom stereocenters. The van der Waals surface area contributed by atoms with Crippen LogP contribution in [0.4, 0.5) is 16.0 Å². The van der Waals surface area contributed by atoms with E-state index in [1.807, 2.05) is 27.7 Å². The van der Waals surface area contributed by atoms with Crippen LogP contribution in [0.3, 0.4) is 0 Å². The highest BCUT2D eigenvalue weighted by molar-refractivity contribution is 5.89. The van der Waals surface area contributed by atoms with Crippen molar-refractivity contribution < 1.29 is 13.7 Å². The lowest BCUT2D eigenvalue weighted by molar-refractivity contribution is 0.0907. The SMILES string of the molecule is Cc1cc(-c2ncnc(Nc3cnn(C)c3)n2)c(F)cc1CNC(=O)c1nc(C(C)(C)C)no1. The van der Waals surface area contributed by atoms with Gasteiger partial charge in [-0.2, -0.15) is 15.1 Å². The normalized spacial score (nSPS) is 11.5. The van der Waals surface area contributed by atoms with E-state index in [2.05, 4.69) is 40.8 Å². The first-order valence-corrected chi connectivity index (χ1v) is 10.5. The molecule has 0 spiro atoms. The van der Waals surface area contributed by atoms with E-state index >= 15 is 0 Å². The summed E-state index contributed by atoms with van der Waals surface area (Å²) in [5.41, 5.74) is 1.90. The number of carbonyl (C=O) groups excluding carboxylic acids is 1. The van der Waals surface area contributed by atoms with E-state index in [1.165, 1.54) is 12.4 Å². The van der Waals surface area contributed by atoms with Crippen molar-refractivity contribution in [3.8, 4) is 11.4 Å². The van der Waals surface area contributed by atoms with Gasteiger partial charge in [-0.05, 0) is 30.2 Å². The van der Waals surface area contributed by atoms with Gasteiger partial charge in [-0.1, -0.05) is 25.9 Å². The molecule has 0 aliphatic heterocycles. The van der Waals surface area contributed by atoms with Crippen molar-refractivity contribution in [3.63, 3.8) is 0 Å². The Kier molecular flexibility index (Phi) is 6.05. The minimum absolute atomic E-state index is 0.0834. The predicted octanol–water partition coefficient (Wildman–Crippen LogP) is 3.07. The van der Waals surface area contributed by atoms with Crippen molar-refractivity contribution in [2.24, 2.45) is 7.05 Å². The highest BCUT2D eigenvalue weighted by Crippen LogP contribution is 2.24. The number of benzene rings is 1. The first-order chi connectivity index (χ1) is 16.1. The molecule has 11 nitrogen and oxygen atoms in total. The second-order valence-electron chi connectivity index (χ2n) is 8.77. The lowest BCUT2D eigenvalue weighted by Crippen LogP contribution is -2.24. The first kappa shape index (κ1) is 23.0. The Labute approximate surface area is 194 Å². The molecule has 0 saturated carbocycles. The van der Waals surface area contributed by atoms with Gasteiger partial charge in [0, 0.05) is 25.2 Å². The van der Waals surface area contributed by atoms with Gasteiger partial charge >= 0.3 is 11.8 Å². The molecule has 4 aromatic rings. The third-order valence-corrected chi connectivity index (χ3v) is 4.93. The first-order valence-electron chi connectivity index (χ1n) is 10.5. The van der Waals surface area contributed by atoms with Gasteiger partial charge in [-0.25, -0.2) is 14.4 Å². The topological polar surface area (TPSA) is 137 Å². The molecule has 4 rings (SSSR count). The van der Waals surface area contributed by atoms with Crippen LogP contribution in [-0.2, 0) is 19.0 Å². The number of rotatable bonds is 6. The van der Waals surface area contributed by atoms with Crippen molar-refractivity contribution in [1.29, 1.82) is 0 Å². The summed E-state index contributed by atoms with van der Waals surface area (Å²) in [5.74, 6) is -0.326. The standard InChI is InChI=1S/C22H24FN9O2/c1-12-6-15(17-25-11-26-21(29-17)28-14-9-27-32(5)10-14)16(23)7-13(12)8-24-18(33)19-30-20(31-34-19)22(2,3)4/h6-7,9-11H,8H2,1-5H3,(H,24,33)(H,25,26,28,29). The number of aromatic nitrogens is 7. The van der Waals surface area contributed by atoms with E-state index in [0.29, 0.717) is 17.1 Å². The summed E-state index contributed by atoms with van der Waals surface area (Å²) >= 11 is 0. The fourth-order valence-electron chi connectivity index (χ4n) is 3.06. The fourth-order valence-corrected chi connectivity index (χ4v) is 3.06. The summed E-state index contributed by atoms with van der Waals surface area (Å²) in [7, 11) is 1.79. The van der Waals surface area contributed by atoms with Gasteiger partial charge in [0.25, 0.3) is 0 Å². The van der Waals surface area contributed by atoms with E-state index in [1.54, 1.807) is 30.2 Å². The van der Waals surface area contributed by atoms with Gasteiger partial charge in [-0.15, -0.1) is 0 Å². The molecule has 0 fully saturated rings. The minimum Gasteiger partial charge on any atom is -0.344 e. The zero-order valence-corrected chi connectivity index (χ0v) is 19.4. The van der Waals surface area contributed by atoms with Crippen molar-refractivity contribution in [3.05, 3.63) is 59.5 Å². The number of nitrogens with one attached hydrogen (secondary N) is 2. The van der Waals surface area contributed by atoms with E-state index in [4.69, 9.17) is 4.52 Å². The van der Waals surface area contributed by atoms with Gasteiger partial charge in [0.2, 0.25) is 5.95 Å². The quantitative estimate of drug-likeness (QED) is 0.440. The van der Waals surface area contributed by atoms with Crippen LogP contribution in [0.5, 0.6) is 0 Å². The maximum Gasteiger partial charge on any atom is 0.315 e. The number of carbonyl (C=O) groups is 1. The Morgan fingerprint density at radius 3 is 2.68 bits per heavy atom. The number of hydrogen-bond donors (Lipinski definition) is 2. The summed E-state index contributed by atoms with van der Waals surface area (Å²) in [6, 6.07) is 2.97. The van der Waals surface area contributed by atoms with E-state index < -0.39 is 11.7 Å². The molecule has 1 aromatic carbocycles. The summed E-state index contributed by atoms with van der Waals surface area (Å²) in [5, 5.41) is 13.6. The average Bonchev–Trinajstić information content (AvgIpc) is 3.43. The van der Waals surface area contributed by atoms with Crippen molar-refractivity contribution in [2.45, 2.75) is 39.7 Å². The molecule has 176 valence electrons. The number of hydrogen-bond acceptors (Lipinski definition) is 9. The highest BCUT2D eigenvalue weighted by Gasteiger charge is 2.24. The van der Waals surface area contributed by atoms with Crippen LogP contribution in [0.25, 0.3) is 11.4 Å². The van der Waals surface area contributed by atoms with Gasteiger partial charge in [0.15, 0.2) is 11.6 Å². The zero-order valence-electron chi connectivity index (χ0n) is 19.4. The van der Waals surface area contributed by atoms with Crippen LogP contribution in [0.2, 0.25) is 0 Å². The summed E-state index contributed by atoms with van der Waals surface area (Å²) < 4.78 is 21.7. The van der Waals surface area contributed by atoms with Gasteiger partial charge in [-0.3, -0.25) is 9.48 Å². The van der Waals surface area contributed by atoms with Gasteiger partial charge < -0.3 is 15.2 Å². The molecule has 3 aromatic heterocycles. The predicted molar refractivity (Wildman–Crippen MR) is 121 cm³/mol. The molecule has 0 aliphatic rings. The number of anilines is 2. The van der Waals surface area contributed by atoms with Crippen molar-refractivity contribution >= 4 is 17.5 Å². The monoisotopic (exact) mass is 465 g/mol. The number of aryl methyl sites for hydroxylation is 2. The Balaban J connectivity index is 1.48. The molecule has 0 bridgehead atoms. The third-order valence-electron chi connectivity index (χ3n) is 4.93. The molecule has 0 radical (unpaired) electrons. The summed E-state index contributed by atoms with van der Waals surface area (Å²) in [4.78, 5) is 29.0. The largest absolute Gasteiger partial charge is 0.344 e. The van der Waals surface area contributed by atoms with Crippen LogP contribution in [0.15, 0.2) is 35.4 Å². The van der Waals surface area contributed by atoms with E-state index in [-0.39, 0.29) is 35.2 Å². The average molecular weight is 465 g/mol. The molecular weight excluding hydrogens is 441 g/mol. The van der Waals surface area contributed by atoms with Crippen molar-refractivity contribution in [1.82, 2.24) is 40.2 Å². The number of nitrogens with zero attached hydrogens (tertiary/aromatic N) is 7. The Morgan fingerprint density at radius 2 is 2.00 bits per heavy atom. The lowest BCUT2D eigenvalue weighted by Gasteiger charge is -2.11. The lowest BCUT2D eigenvalue weighted by atomic mass is 9.96. The molecule has 0 aliphatic carbocycles. The van der Waals surface area contributed by atoms with E-state index in [0.717, 1.165) is 5.56 Å². The molecule has 1 amide bonds. The van der Waals surface area contributed by atoms with E-state index in [9.17, 15) is 9.18 Å². The number of amides is 1. The molecule has 2 N–H and O–H groups in total. The second kappa shape index (κ2) is 8.96. The highest BCUT2D eigenvalue weighted by atomic mass is 19.1. The molecule has 3 heterocycles. The third kappa shape index (κ3) is 5.05. The minimum atomic E-state index is -0.532. The van der Waals surface area contributed by atoms with Gasteiger partial charge in [0.1, 0.15) is 12.1 Å². The van der Waals surface area contributed by atoms with Crippen LogP contribution in [0.1, 0.15) is 48.4 Å². The van der Waals surface area contributed by atoms with Gasteiger partial charge in [0.05, 0.1) is 17.4 Å². The second-order valence-corrected chi connectivity index (χ2v) is 8.77. The molecule has 12 heteroatoms. The Morgan fingerprint density at radius 1 is 1.21 bits per heavy atom. The smallest absolute Gasteiger partial charge is 0.315 e. The molecular formula is C22H24FN9O2. The molecule has 0 saturated heterocycles. The van der Waals surface area contributed by atoms with Crippen LogP contribution < -0.4 is 10.6 Å². The zero-order chi connectivity index (χ0) is 24.5. The maximum absolute atomic E-state index is 15.0. The van der Waals surface area contributed by atoms with Crippen LogP contribution in [-0.4, -0.2) is 40.8 Å². The molecule has 34 heavy (non-hydrogen) atoms. The fraction of sp³-hybridized carbons (Fsp3) is 0.318. The maximum atomic E-state index is 15.0. The van der Waals surface area contributed by atoms with Crippen LogP contribution >= 0.6 is 0 Å².